The van der Waals surface area contributed by atoms with Crippen molar-refractivity contribution in [2.75, 3.05) is 32.7 Å². The Bertz CT molecular complexity index is 683. The number of carbonyl (C=O) groups is 1. The van der Waals surface area contributed by atoms with Crippen LogP contribution in [0, 0.1) is 0 Å². The molecule has 4 heteroatoms. The second kappa shape index (κ2) is 7.84. The van der Waals surface area contributed by atoms with Gasteiger partial charge in [0, 0.05) is 50.9 Å². The Labute approximate surface area is 145 Å². The Kier molecular flexibility index (Phi) is 5.56. The van der Waals surface area contributed by atoms with Gasteiger partial charge in [0.1, 0.15) is 0 Å². The van der Waals surface area contributed by atoms with Crippen LogP contribution in [0.1, 0.15) is 32.3 Å². The average molecular weight is 327 g/mol. The van der Waals surface area contributed by atoms with Gasteiger partial charge in [-0.2, -0.15) is 0 Å². The first-order valence-corrected chi connectivity index (χ1v) is 9.29. The van der Waals surface area contributed by atoms with Gasteiger partial charge in [-0.05, 0) is 55.5 Å². The average Bonchev–Trinajstić information content (AvgIpc) is 3.03. The molecule has 0 saturated carbocycles. The molecule has 2 heterocycles. The molecule has 1 saturated heterocycles. The summed E-state index contributed by atoms with van der Waals surface area (Å²) in [5.41, 5.74) is 2.54. The van der Waals surface area contributed by atoms with E-state index in [2.05, 4.69) is 53.8 Å². The number of piperazine rings is 1. The van der Waals surface area contributed by atoms with Crippen LogP contribution in [0.3, 0.4) is 0 Å². The zero-order valence-corrected chi connectivity index (χ0v) is 15.0. The van der Waals surface area contributed by atoms with Gasteiger partial charge in [-0.25, -0.2) is 0 Å². The van der Waals surface area contributed by atoms with Crippen LogP contribution < -0.4 is 0 Å². The van der Waals surface area contributed by atoms with Gasteiger partial charge in [-0.1, -0.05) is 13.0 Å². The van der Waals surface area contributed by atoms with E-state index in [1.54, 1.807) is 0 Å². The van der Waals surface area contributed by atoms with Crippen molar-refractivity contribution in [3.8, 4) is 0 Å². The van der Waals surface area contributed by atoms with Crippen LogP contribution in [0.4, 0.5) is 0 Å². The normalized spacial score (nSPS) is 16.0. The lowest BCUT2D eigenvalue weighted by molar-refractivity contribution is -0.132. The number of nitrogens with zero attached hydrogens (tertiary/aromatic N) is 3. The molecular weight excluding hydrogens is 298 g/mol. The summed E-state index contributed by atoms with van der Waals surface area (Å²) in [5, 5.41) is 1.27. The monoisotopic (exact) mass is 327 g/mol. The molecule has 4 nitrogen and oxygen atoms in total. The SMILES string of the molecule is CCCN1CCN(C(=O)CCc2ccc3c(ccn3CC)c2)CC1. The summed E-state index contributed by atoms with van der Waals surface area (Å²) in [6, 6.07) is 8.74. The summed E-state index contributed by atoms with van der Waals surface area (Å²) < 4.78 is 2.25. The smallest absolute Gasteiger partial charge is 0.222 e. The largest absolute Gasteiger partial charge is 0.348 e. The van der Waals surface area contributed by atoms with Crippen LogP contribution in [0.5, 0.6) is 0 Å². The number of fused-ring (bicyclic) bond motifs is 1. The zero-order chi connectivity index (χ0) is 16.9. The Hall–Kier alpha value is -1.81. The van der Waals surface area contributed by atoms with Crippen molar-refractivity contribution in [2.24, 2.45) is 0 Å². The molecule has 0 unspecified atom stereocenters. The third kappa shape index (κ3) is 3.81. The number of aromatic nitrogens is 1. The summed E-state index contributed by atoms with van der Waals surface area (Å²) in [7, 11) is 0. The van der Waals surface area contributed by atoms with Crippen molar-refractivity contribution in [2.45, 2.75) is 39.7 Å². The van der Waals surface area contributed by atoms with E-state index < -0.39 is 0 Å². The highest BCUT2D eigenvalue weighted by Crippen LogP contribution is 2.19. The first-order chi connectivity index (χ1) is 11.7. The lowest BCUT2D eigenvalue weighted by atomic mass is 10.1. The lowest BCUT2D eigenvalue weighted by Crippen LogP contribution is -2.48. The van der Waals surface area contributed by atoms with E-state index in [1.165, 1.54) is 22.9 Å². The second-order valence-corrected chi connectivity index (χ2v) is 6.72. The molecule has 3 rings (SSSR count). The highest BCUT2D eigenvalue weighted by molar-refractivity contribution is 5.81. The van der Waals surface area contributed by atoms with Gasteiger partial charge in [0.15, 0.2) is 0 Å². The number of carbonyl (C=O) groups excluding carboxylic acids is 1. The van der Waals surface area contributed by atoms with Gasteiger partial charge < -0.3 is 9.47 Å². The fourth-order valence-electron chi connectivity index (χ4n) is 3.63. The van der Waals surface area contributed by atoms with Gasteiger partial charge in [-0.3, -0.25) is 9.69 Å². The number of aryl methyl sites for hydroxylation is 2. The molecule has 1 aromatic heterocycles. The number of rotatable bonds is 6. The van der Waals surface area contributed by atoms with Crippen LogP contribution in [0.25, 0.3) is 10.9 Å². The van der Waals surface area contributed by atoms with Crippen molar-refractivity contribution >= 4 is 16.8 Å². The van der Waals surface area contributed by atoms with E-state index >= 15 is 0 Å². The highest BCUT2D eigenvalue weighted by Gasteiger charge is 2.20. The minimum atomic E-state index is 0.303. The first-order valence-electron chi connectivity index (χ1n) is 9.29. The van der Waals surface area contributed by atoms with Crippen molar-refractivity contribution in [1.29, 1.82) is 0 Å². The second-order valence-electron chi connectivity index (χ2n) is 6.72. The third-order valence-corrected chi connectivity index (χ3v) is 5.07. The van der Waals surface area contributed by atoms with Gasteiger partial charge in [0.25, 0.3) is 0 Å². The van der Waals surface area contributed by atoms with Gasteiger partial charge in [0.05, 0.1) is 0 Å². The van der Waals surface area contributed by atoms with Crippen LogP contribution in [-0.4, -0.2) is 53.0 Å². The minimum absolute atomic E-state index is 0.303. The highest BCUT2D eigenvalue weighted by atomic mass is 16.2. The van der Waals surface area contributed by atoms with Crippen molar-refractivity contribution in [3.63, 3.8) is 0 Å². The van der Waals surface area contributed by atoms with Crippen LogP contribution in [0.15, 0.2) is 30.5 Å². The molecule has 0 spiro atoms. The molecule has 1 aliphatic rings. The molecule has 24 heavy (non-hydrogen) atoms. The molecule has 0 N–H and O–H groups in total. The first kappa shape index (κ1) is 17.0. The minimum Gasteiger partial charge on any atom is -0.348 e. The molecule has 1 aliphatic heterocycles. The van der Waals surface area contributed by atoms with E-state index in [0.717, 1.165) is 45.7 Å². The lowest BCUT2D eigenvalue weighted by Gasteiger charge is -2.34. The number of hydrogen-bond acceptors (Lipinski definition) is 2. The fraction of sp³-hybridized carbons (Fsp3) is 0.550. The molecule has 2 aromatic rings. The molecule has 0 bridgehead atoms. The van der Waals surface area contributed by atoms with E-state index in [1.807, 2.05) is 4.90 Å². The Balaban J connectivity index is 1.53. The number of hydrogen-bond donors (Lipinski definition) is 0. The fourth-order valence-corrected chi connectivity index (χ4v) is 3.63. The maximum Gasteiger partial charge on any atom is 0.222 e. The summed E-state index contributed by atoms with van der Waals surface area (Å²) in [6.07, 6.45) is 4.78. The number of amides is 1. The van der Waals surface area contributed by atoms with Crippen LogP contribution in [-0.2, 0) is 17.8 Å². The molecule has 0 aliphatic carbocycles. The molecule has 1 aromatic carbocycles. The molecule has 1 fully saturated rings. The molecule has 130 valence electrons. The maximum atomic E-state index is 12.5. The quantitative estimate of drug-likeness (QED) is 0.815. The Morgan fingerprint density at radius 1 is 1.08 bits per heavy atom. The van der Waals surface area contributed by atoms with E-state index in [9.17, 15) is 4.79 Å². The summed E-state index contributed by atoms with van der Waals surface area (Å²) in [6.45, 7) is 10.3. The predicted octanol–water partition coefficient (Wildman–Crippen LogP) is 3.15. The molecule has 0 radical (unpaired) electrons. The molecule has 1 amide bonds. The Morgan fingerprint density at radius 2 is 1.88 bits per heavy atom. The van der Waals surface area contributed by atoms with Gasteiger partial charge in [0.2, 0.25) is 5.91 Å². The van der Waals surface area contributed by atoms with Crippen molar-refractivity contribution < 1.29 is 4.79 Å². The molecule has 0 atom stereocenters. The van der Waals surface area contributed by atoms with Crippen molar-refractivity contribution in [3.05, 3.63) is 36.0 Å². The zero-order valence-electron chi connectivity index (χ0n) is 15.0. The Morgan fingerprint density at radius 3 is 2.58 bits per heavy atom. The van der Waals surface area contributed by atoms with Gasteiger partial charge in [-0.15, -0.1) is 0 Å². The maximum absolute atomic E-state index is 12.5. The molecular formula is C20H29N3O. The van der Waals surface area contributed by atoms with Gasteiger partial charge >= 0.3 is 0 Å². The third-order valence-electron chi connectivity index (χ3n) is 5.07. The van der Waals surface area contributed by atoms with Crippen LogP contribution in [0.2, 0.25) is 0 Å². The summed E-state index contributed by atoms with van der Waals surface area (Å²) in [5.74, 6) is 0.303. The van der Waals surface area contributed by atoms with Crippen LogP contribution >= 0.6 is 0 Å². The summed E-state index contributed by atoms with van der Waals surface area (Å²) in [4.78, 5) is 16.9. The van der Waals surface area contributed by atoms with E-state index in [0.29, 0.717) is 12.3 Å². The topological polar surface area (TPSA) is 28.5 Å². The standard InChI is InChI=1S/C20H29N3O/c1-3-10-21-12-14-23(15-13-21)20(24)8-6-17-5-7-19-18(16-17)9-11-22(19)4-2/h5,7,9,11,16H,3-4,6,8,10,12-15H2,1-2H3. The summed E-state index contributed by atoms with van der Waals surface area (Å²) >= 11 is 0. The number of benzene rings is 1. The van der Waals surface area contributed by atoms with E-state index in [4.69, 9.17) is 0 Å². The van der Waals surface area contributed by atoms with Crippen molar-refractivity contribution in [1.82, 2.24) is 14.4 Å². The van der Waals surface area contributed by atoms with E-state index in [-0.39, 0.29) is 0 Å². The predicted molar refractivity (Wildman–Crippen MR) is 99.2 cm³/mol.